The van der Waals surface area contributed by atoms with Gasteiger partial charge in [-0.2, -0.15) is 5.10 Å². The Hall–Kier alpha value is -4.14. The number of carbonyl (C=O) groups is 2. The van der Waals surface area contributed by atoms with Gasteiger partial charge in [-0.3, -0.25) is 19.1 Å². The van der Waals surface area contributed by atoms with Crippen molar-refractivity contribution in [3.63, 3.8) is 0 Å². The Labute approximate surface area is 232 Å². The summed E-state index contributed by atoms with van der Waals surface area (Å²) in [7, 11) is 3.72. The first kappa shape index (κ1) is 26.1. The number of amides is 1. The number of aliphatic hydroxyl groups excluding tert-OH is 1. The summed E-state index contributed by atoms with van der Waals surface area (Å²) in [4.78, 5) is 44.2. The molecule has 0 radical (unpaired) electrons. The van der Waals surface area contributed by atoms with Crippen molar-refractivity contribution in [2.75, 3.05) is 16.8 Å². The number of aliphatic hydroxyl groups is 1. The lowest BCUT2D eigenvalue weighted by atomic mass is 9.93. The molecule has 1 fully saturated rings. The Morgan fingerprint density at radius 2 is 1.98 bits per heavy atom. The first-order valence-corrected chi connectivity index (χ1v) is 13.7. The van der Waals surface area contributed by atoms with Gasteiger partial charge in [0.1, 0.15) is 6.54 Å². The largest absolute Gasteiger partial charge is 0.392 e. The molecule has 1 unspecified atom stereocenters. The summed E-state index contributed by atoms with van der Waals surface area (Å²) in [5.41, 5.74) is 5.36. The van der Waals surface area contributed by atoms with Crippen LogP contribution in [0, 0.1) is 0 Å². The van der Waals surface area contributed by atoms with Crippen molar-refractivity contribution in [2.45, 2.75) is 38.3 Å². The molecule has 1 atom stereocenters. The Kier molecular flexibility index (Phi) is 6.82. The zero-order valence-corrected chi connectivity index (χ0v) is 23.2. The summed E-state index contributed by atoms with van der Waals surface area (Å²) in [6.07, 6.45) is 7.89. The van der Waals surface area contributed by atoms with Gasteiger partial charge in [0.2, 0.25) is 0 Å². The molecular weight excluding hydrogens is 527 g/mol. The topological polar surface area (TPSA) is 122 Å². The molecule has 3 heterocycles. The van der Waals surface area contributed by atoms with Crippen LogP contribution in [0.1, 0.15) is 45.8 Å². The summed E-state index contributed by atoms with van der Waals surface area (Å²) in [6, 6.07) is 11.7. The van der Waals surface area contributed by atoms with Crippen molar-refractivity contribution >= 4 is 37.9 Å². The average Bonchev–Trinajstić information content (AvgIpc) is 3.71. The fraction of sp³-hybridized carbons (Fsp3) is 0.276. The lowest BCUT2D eigenvalue weighted by Crippen LogP contribution is -2.38. The van der Waals surface area contributed by atoms with E-state index in [1.807, 2.05) is 24.3 Å². The molecule has 40 heavy (non-hydrogen) atoms. The second kappa shape index (κ2) is 10.4. The molecule has 0 saturated heterocycles. The molecule has 204 valence electrons. The zero-order valence-electron chi connectivity index (χ0n) is 22.0. The van der Waals surface area contributed by atoms with Gasteiger partial charge in [-0.05, 0) is 48.4 Å². The second-order valence-corrected chi connectivity index (χ2v) is 10.9. The number of rotatable bonds is 8. The van der Waals surface area contributed by atoms with Crippen LogP contribution >= 0.6 is 9.24 Å². The number of hydrogen-bond donors (Lipinski definition) is 2. The van der Waals surface area contributed by atoms with E-state index in [1.54, 1.807) is 24.3 Å². The minimum Gasteiger partial charge on any atom is -0.392 e. The maximum absolute atomic E-state index is 13.6. The van der Waals surface area contributed by atoms with Crippen molar-refractivity contribution in [1.29, 1.82) is 0 Å². The molecule has 11 heteroatoms. The van der Waals surface area contributed by atoms with E-state index in [1.165, 1.54) is 33.9 Å². The summed E-state index contributed by atoms with van der Waals surface area (Å²) >= 11 is 0. The Morgan fingerprint density at radius 3 is 2.73 bits per heavy atom. The number of nitrogens with one attached hydrogen (secondary N) is 1. The summed E-state index contributed by atoms with van der Waals surface area (Å²) in [5, 5.41) is 17.6. The van der Waals surface area contributed by atoms with Crippen molar-refractivity contribution in [1.82, 2.24) is 19.3 Å². The van der Waals surface area contributed by atoms with Crippen LogP contribution in [0.2, 0.25) is 0 Å². The third-order valence-electron chi connectivity index (χ3n) is 7.42. The molecule has 10 nitrogen and oxygen atoms in total. The normalized spacial score (nSPS) is 14.8. The molecule has 2 aromatic heterocycles. The summed E-state index contributed by atoms with van der Waals surface area (Å²) in [6.45, 7) is 0.282. The van der Waals surface area contributed by atoms with Gasteiger partial charge >= 0.3 is 0 Å². The highest BCUT2D eigenvalue weighted by molar-refractivity contribution is 7.39. The van der Waals surface area contributed by atoms with E-state index in [-0.39, 0.29) is 36.0 Å². The number of aryl methyl sites for hydroxylation is 1. The van der Waals surface area contributed by atoms with Crippen molar-refractivity contribution < 1.29 is 14.7 Å². The highest BCUT2D eigenvalue weighted by Crippen LogP contribution is 2.41. The lowest BCUT2D eigenvalue weighted by molar-refractivity contribution is -0.111. The van der Waals surface area contributed by atoms with Crippen LogP contribution in [-0.2, 0) is 31.4 Å². The average molecular weight is 557 g/mol. The predicted octanol–water partition coefficient (Wildman–Crippen LogP) is 3.36. The van der Waals surface area contributed by atoms with Crippen LogP contribution in [0.5, 0.6) is 0 Å². The first-order valence-electron chi connectivity index (χ1n) is 13.2. The van der Waals surface area contributed by atoms with Crippen LogP contribution in [0.15, 0.2) is 59.8 Å². The highest BCUT2D eigenvalue weighted by Gasteiger charge is 2.30. The number of nitrogens with zero attached hydrogens (tertiary/aromatic N) is 5. The van der Waals surface area contributed by atoms with Gasteiger partial charge in [0.15, 0.2) is 11.3 Å². The quantitative estimate of drug-likeness (QED) is 0.319. The third kappa shape index (κ3) is 4.96. The van der Waals surface area contributed by atoms with Crippen LogP contribution in [0.3, 0.4) is 0 Å². The standard InChI is InChI=1S/C29H29N6O4P/c1-33-14-24(32-27(29(33)39)31-20-12-30-34(13-20)15-26(37)40)22-3-2-4-25(23(22)16-36)35-10-9-19-11-18(17-5-6-17)7-8-21(19)28(35)38/h2-4,7-8,11-14,17,36H,5-6,9-10,15-16,40H2,1H3,(H,31,32). The van der Waals surface area contributed by atoms with E-state index in [0.717, 1.165) is 12.0 Å². The van der Waals surface area contributed by atoms with Crippen molar-refractivity contribution in [3.8, 4) is 11.3 Å². The monoisotopic (exact) mass is 556 g/mol. The highest BCUT2D eigenvalue weighted by atomic mass is 31.0. The van der Waals surface area contributed by atoms with Gasteiger partial charge in [-0.15, -0.1) is 0 Å². The predicted molar refractivity (Wildman–Crippen MR) is 155 cm³/mol. The van der Waals surface area contributed by atoms with Crippen molar-refractivity contribution in [2.24, 2.45) is 7.05 Å². The Balaban J connectivity index is 1.34. The molecule has 2 aromatic carbocycles. The molecule has 2 aliphatic rings. The van der Waals surface area contributed by atoms with Crippen LogP contribution in [0.4, 0.5) is 17.2 Å². The van der Waals surface area contributed by atoms with E-state index in [2.05, 4.69) is 36.8 Å². The number of fused-ring (bicyclic) bond motifs is 1. The molecule has 4 aromatic rings. The SMILES string of the molecule is Cn1cc(-c2cccc(N3CCc4cc(C5CC5)ccc4C3=O)c2CO)nc(Nc2cnn(CC(=O)P)c2)c1=O. The van der Waals surface area contributed by atoms with E-state index in [9.17, 15) is 19.5 Å². The number of aromatic nitrogens is 4. The maximum Gasteiger partial charge on any atom is 0.293 e. The number of carbonyl (C=O) groups excluding carboxylic acids is 2. The number of anilines is 3. The molecule has 0 bridgehead atoms. The van der Waals surface area contributed by atoms with E-state index in [4.69, 9.17) is 0 Å². The number of hydrogen-bond acceptors (Lipinski definition) is 7. The van der Waals surface area contributed by atoms with Crippen LogP contribution in [-0.4, -0.2) is 42.4 Å². The van der Waals surface area contributed by atoms with Crippen molar-refractivity contribution in [3.05, 3.63) is 87.6 Å². The molecule has 0 spiro atoms. The van der Waals surface area contributed by atoms with E-state index < -0.39 is 0 Å². The molecular formula is C29H29N6O4P. The third-order valence-corrected chi connectivity index (χ3v) is 7.60. The van der Waals surface area contributed by atoms with Gasteiger partial charge in [-0.1, -0.05) is 33.5 Å². The molecule has 1 amide bonds. The Morgan fingerprint density at radius 1 is 1.15 bits per heavy atom. The smallest absolute Gasteiger partial charge is 0.293 e. The van der Waals surface area contributed by atoms with Crippen LogP contribution < -0.4 is 15.8 Å². The summed E-state index contributed by atoms with van der Waals surface area (Å²) in [5.74, 6) is 0.605. The lowest BCUT2D eigenvalue weighted by Gasteiger charge is -2.31. The minimum atomic E-state index is -0.353. The minimum absolute atomic E-state index is 0.0699. The zero-order chi connectivity index (χ0) is 28.0. The summed E-state index contributed by atoms with van der Waals surface area (Å²) < 4.78 is 2.87. The first-order chi connectivity index (χ1) is 19.3. The molecule has 6 rings (SSSR count). The molecule has 1 aliphatic heterocycles. The molecule has 1 saturated carbocycles. The van der Waals surface area contributed by atoms with E-state index >= 15 is 0 Å². The van der Waals surface area contributed by atoms with Gasteiger partial charge in [0.25, 0.3) is 11.5 Å². The fourth-order valence-electron chi connectivity index (χ4n) is 5.27. The van der Waals surface area contributed by atoms with Gasteiger partial charge in [-0.25, -0.2) is 4.98 Å². The maximum atomic E-state index is 13.6. The van der Waals surface area contributed by atoms with Gasteiger partial charge in [0, 0.05) is 42.7 Å². The number of benzene rings is 2. The van der Waals surface area contributed by atoms with Gasteiger partial charge < -0.3 is 19.9 Å². The second-order valence-electron chi connectivity index (χ2n) is 10.3. The van der Waals surface area contributed by atoms with Gasteiger partial charge in [0.05, 0.1) is 29.9 Å². The van der Waals surface area contributed by atoms with E-state index in [0.29, 0.717) is 46.2 Å². The van der Waals surface area contributed by atoms with Crippen LogP contribution in [0.25, 0.3) is 11.3 Å². The molecule has 1 aliphatic carbocycles. The molecule has 2 N–H and O–H groups in total. The fourth-order valence-corrected chi connectivity index (χ4v) is 5.46. The Bertz CT molecular complexity index is 1710.